The van der Waals surface area contributed by atoms with Gasteiger partial charge in [0.2, 0.25) is 0 Å². The first-order chi connectivity index (χ1) is 5.77. The fraction of sp³-hybridized carbons (Fsp3) is 1.00. The van der Waals surface area contributed by atoms with E-state index in [1.54, 1.807) is 0 Å². The molecule has 0 bridgehead atoms. The van der Waals surface area contributed by atoms with Crippen molar-refractivity contribution < 1.29 is 0 Å². The minimum atomic E-state index is 0.440. The summed E-state index contributed by atoms with van der Waals surface area (Å²) in [6.45, 7) is 4.73. The Hall–Kier alpha value is -0.0800. The molecule has 1 heterocycles. The predicted molar refractivity (Wildman–Crippen MR) is 53.4 cm³/mol. The van der Waals surface area contributed by atoms with E-state index in [0.29, 0.717) is 5.54 Å². The summed E-state index contributed by atoms with van der Waals surface area (Å²) >= 11 is 0. The highest BCUT2D eigenvalue weighted by Gasteiger charge is 2.24. The van der Waals surface area contributed by atoms with Crippen LogP contribution in [0.3, 0.4) is 0 Å². The molecule has 2 N–H and O–H groups in total. The van der Waals surface area contributed by atoms with Gasteiger partial charge in [-0.3, -0.25) is 0 Å². The van der Waals surface area contributed by atoms with Crippen LogP contribution in [0.1, 0.15) is 39.0 Å². The van der Waals surface area contributed by atoms with Gasteiger partial charge in [-0.25, -0.2) is 0 Å². The average Bonchev–Trinajstić information content (AvgIpc) is 2.06. The van der Waals surface area contributed by atoms with E-state index in [9.17, 15) is 0 Å². The molecule has 0 aliphatic carbocycles. The molecule has 1 unspecified atom stereocenters. The lowest BCUT2D eigenvalue weighted by atomic mass is 9.87. The van der Waals surface area contributed by atoms with Crippen molar-refractivity contribution in [2.24, 2.45) is 0 Å². The lowest BCUT2D eigenvalue weighted by molar-refractivity contribution is 0.255. The van der Waals surface area contributed by atoms with E-state index < -0.39 is 0 Å². The Morgan fingerprint density at radius 2 is 2.25 bits per heavy atom. The molecule has 2 heteroatoms. The minimum absolute atomic E-state index is 0.440. The zero-order chi connectivity index (χ0) is 8.86. The van der Waals surface area contributed by atoms with Crippen LogP contribution in [0.5, 0.6) is 0 Å². The summed E-state index contributed by atoms with van der Waals surface area (Å²) in [5, 5.41) is 6.82. The number of rotatable bonds is 4. The number of piperidine rings is 1. The third kappa shape index (κ3) is 3.11. The second-order valence-electron chi connectivity index (χ2n) is 4.15. The molecule has 0 aromatic heterocycles. The van der Waals surface area contributed by atoms with Crippen molar-refractivity contribution in [2.75, 3.05) is 20.1 Å². The molecule has 12 heavy (non-hydrogen) atoms. The van der Waals surface area contributed by atoms with E-state index in [1.165, 1.54) is 38.6 Å². The van der Waals surface area contributed by atoms with Crippen molar-refractivity contribution in [1.82, 2.24) is 10.6 Å². The van der Waals surface area contributed by atoms with E-state index in [-0.39, 0.29) is 0 Å². The van der Waals surface area contributed by atoms with Crippen molar-refractivity contribution >= 4 is 0 Å². The highest BCUT2D eigenvalue weighted by atomic mass is 15.0. The number of hydrogen-bond donors (Lipinski definition) is 2. The smallest absolute Gasteiger partial charge is 0.0153 e. The molecule has 72 valence electrons. The largest absolute Gasteiger partial charge is 0.320 e. The Kier molecular flexibility index (Phi) is 4.02. The first-order valence-electron chi connectivity index (χ1n) is 5.16. The fourth-order valence-electron chi connectivity index (χ4n) is 1.99. The molecular formula is C10H22N2. The lowest BCUT2D eigenvalue weighted by Crippen LogP contribution is -2.46. The molecule has 0 amide bonds. The summed E-state index contributed by atoms with van der Waals surface area (Å²) in [4.78, 5) is 0. The van der Waals surface area contributed by atoms with Gasteiger partial charge in [-0.2, -0.15) is 0 Å². The normalized spacial score (nSPS) is 30.5. The summed E-state index contributed by atoms with van der Waals surface area (Å²) in [5.74, 6) is 0. The minimum Gasteiger partial charge on any atom is -0.320 e. The standard InChI is InChI=1S/C10H22N2/c1-10(7-5-8-11-2)6-3-4-9-12-10/h11-12H,3-9H2,1-2H3. The van der Waals surface area contributed by atoms with Crippen LogP contribution < -0.4 is 10.6 Å². The number of hydrogen-bond acceptors (Lipinski definition) is 2. The second kappa shape index (κ2) is 4.83. The van der Waals surface area contributed by atoms with E-state index in [0.717, 1.165) is 6.54 Å². The molecule has 0 saturated carbocycles. The Bertz CT molecular complexity index is 117. The zero-order valence-corrected chi connectivity index (χ0v) is 8.45. The van der Waals surface area contributed by atoms with Gasteiger partial charge >= 0.3 is 0 Å². The van der Waals surface area contributed by atoms with Gasteiger partial charge in [0.05, 0.1) is 0 Å². The molecule has 1 aliphatic heterocycles. The van der Waals surface area contributed by atoms with Gasteiger partial charge in [0.15, 0.2) is 0 Å². The fourth-order valence-corrected chi connectivity index (χ4v) is 1.99. The maximum absolute atomic E-state index is 3.63. The van der Waals surface area contributed by atoms with Crippen molar-refractivity contribution in [3.8, 4) is 0 Å². The SMILES string of the molecule is CNCCCC1(C)CCCCN1. The summed E-state index contributed by atoms with van der Waals surface area (Å²) < 4.78 is 0. The molecule has 0 spiro atoms. The third-order valence-corrected chi connectivity index (χ3v) is 2.86. The molecule has 1 saturated heterocycles. The molecule has 1 atom stereocenters. The van der Waals surface area contributed by atoms with Crippen LogP contribution in [0.2, 0.25) is 0 Å². The van der Waals surface area contributed by atoms with Gasteiger partial charge in [-0.05, 0) is 52.7 Å². The Morgan fingerprint density at radius 3 is 2.83 bits per heavy atom. The van der Waals surface area contributed by atoms with Crippen molar-refractivity contribution in [2.45, 2.75) is 44.6 Å². The Morgan fingerprint density at radius 1 is 1.42 bits per heavy atom. The molecular weight excluding hydrogens is 148 g/mol. The van der Waals surface area contributed by atoms with Gasteiger partial charge in [0.25, 0.3) is 0 Å². The average molecular weight is 170 g/mol. The quantitative estimate of drug-likeness (QED) is 0.625. The zero-order valence-electron chi connectivity index (χ0n) is 8.45. The second-order valence-corrected chi connectivity index (χ2v) is 4.15. The van der Waals surface area contributed by atoms with Crippen LogP contribution >= 0.6 is 0 Å². The maximum Gasteiger partial charge on any atom is 0.0153 e. The van der Waals surface area contributed by atoms with Gasteiger partial charge < -0.3 is 10.6 Å². The van der Waals surface area contributed by atoms with Crippen LogP contribution in [-0.2, 0) is 0 Å². The van der Waals surface area contributed by atoms with Crippen LogP contribution in [0.4, 0.5) is 0 Å². The highest BCUT2D eigenvalue weighted by Crippen LogP contribution is 2.23. The van der Waals surface area contributed by atoms with E-state index >= 15 is 0 Å². The van der Waals surface area contributed by atoms with Crippen LogP contribution in [0.25, 0.3) is 0 Å². The van der Waals surface area contributed by atoms with Gasteiger partial charge in [0, 0.05) is 5.54 Å². The van der Waals surface area contributed by atoms with Crippen molar-refractivity contribution in [3.63, 3.8) is 0 Å². The lowest BCUT2D eigenvalue weighted by Gasteiger charge is -2.35. The monoisotopic (exact) mass is 170 g/mol. The topological polar surface area (TPSA) is 24.1 Å². The number of nitrogens with one attached hydrogen (secondary N) is 2. The molecule has 0 aromatic carbocycles. The van der Waals surface area contributed by atoms with E-state index in [1.807, 2.05) is 7.05 Å². The maximum atomic E-state index is 3.63. The summed E-state index contributed by atoms with van der Waals surface area (Å²) in [5.41, 5.74) is 0.440. The highest BCUT2D eigenvalue weighted by molar-refractivity contribution is 4.86. The Labute approximate surface area is 76.1 Å². The molecule has 1 aliphatic rings. The van der Waals surface area contributed by atoms with Gasteiger partial charge in [0.1, 0.15) is 0 Å². The molecule has 0 radical (unpaired) electrons. The summed E-state index contributed by atoms with van der Waals surface area (Å²) in [6.07, 6.45) is 6.73. The van der Waals surface area contributed by atoms with Crippen LogP contribution in [0.15, 0.2) is 0 Å². The summed E-state index contributed by atoms with van der Waals surface area (Å²) in [7, 11) is 2.02. The first-order valence-corrected chi connectivity index (χ1v) is 5.16. The summed E-state index contributed by atoms with van der Waals surface area (Å²) in [6, 6.07) is 0. The van der Waals surface area contributed by atoms with E-state index in [4.69, 9.17) is 0 Å². The van der Waals surface area contributed by atoms with Gasteiger partial charge in [-0.15, -0.1) is 0 Å². The van der Waals surface area contributed by atoms with Crippen LogP contribution in [0, 0.1) is 0 Å². The Balaban J connectivity index is 2.17. The predicted octanol–water partition coefficient (Wildman–Crippen LogP) is 1.52. The third-order valence-electron chi connectivity index (χ3n) is 2.86. The van der Waals surface area contributed by atoms with Crippen LogP contribution in [-0.4, -0.2) is 25.7 Å². The van der Waals surface area contributed by atoms with Gasteiger partial charge in [-0.1, -0.05) is 6.42 Å². The van der Waals surface area contributed by atoms with Crippen molar-refractivity contribution in [1.29, 1.82) is 0 Å². The molecule has 1 fully saturated rings. The van der Waals surface area contributed by atoms with E-state index in [2.05, 4.69) is 17.6 Å². The van der Waals surface area contributed by atoms with Crippen molar-refractivity contribution in [3.05, 3.63) is 0 Å². The first kappa shape index (κ1) is 10.0. The molecule has 1 rings (SSSR count). The molecule has 0 aromatic rings. The molecule has 2 nitrogen and oxygen atoms in total.